The first kappa shape index (κ1) is 25.1. The van der Waals surface area contributed by atoms with E-state index >= 15 is 0 Å². The summed E-state index contributed by atoms with van der Waals surface area (Å²) in [6.45, 7) is 3.79. The van der Waals surface area contributed by atoms with E-state index in [1.165, 1.54) is 30.5 Å². The van der Waals surface area contributed by atoms with E-state index < -0.39 is 23.7 Å². The van der Waals surface area contributed by atoms with Gasteiger partial charge in [0, 0.05) is 16.7 Å². The molecule has 2 amide bonds. The highest BCUT2D eigenvalue weighted by atomic mass is 19.1. The molecule has 8 heteroatoms. The molecule has 1 unspecified atom stereocenters. The van der Waals surface area contributed by atoms with Gasteiger partial charge in [-0.15, -0.1) is 0 Å². The number of ether oxygens (including phenoxy) is 1. The number of hydrogen-bond donors (Lipinski definition) is 2. The second kappa shape index (κ2) is 12.1. The summed E-state index contributed by atoms with van der Waals surface area (Å²) in [4.78, 5) is 25.2. The summed E-state index contributed by atoms with van der Waals surface area (Å²) in [6.07, 6.45) is 1.45. The van der Waals surface area contributed by atoms with Gasteiger partial charge in [0.2, 0.25) is 0 Å². The quantitative estimate of drug-likeness (QED) is 0.360. The van der Waals surface area contributed by atoms with Crippen LogP contribution >= 0.6 is 0 Å². The second-order valence-electron chi connectivity index (χ2n) is 8.03. The number of hydrazone groups is 1. The lowest BCUT2D eigenvalue weighted by atomic mass is 10.0. The standard InChI is InChI=1S/C27H25FN4O3/c1-18(2)25(31-26(33)19-11-13-23(28)14-12-19)27(34)32-30-16-21-8-5-6-10-24(21)35-17-22-9-4-3-7-20(22)15-29/h3-14,16,18,25H,17H2,1-2H3,(H,31,33)(H,32,34). The fourth-order valence-electron chi connectivity index (χ4n) is 3.23. The summed E-state index contributed by atoms with van der Waals surface area (Å²) in [5, 5.41) is 15.9. The Morgan fingerprint density at radius 3 is 2.46 bits per heavy atom. The lowest BCUT2D eigenvalue weighted by Crippen LogP contribution is -2.48. The first-order valence-corrected chi connectivity index (χ1v) is 11.0. The van der Waals surface area contributed by atoms with E-state index in [0.717, 1.165) is 5.56 Å². The maximum atomic E-state index is 13.1. The summed E-state index contributed by atoms with van der Waals surface area (Å²) < 4.78 is 19.0. The predicted octanol–water partition coefficient (Wildman–Crippen LogP) is 4.18. The van der Waals surface area contributed by atoms with Gasteiger partial charge in [-0.1, -0.05) is 44.2 Å². The highest BCUT2D eigenvalue weighted by Crippen LogP contribution is 2.19. The van der Waals surface area contributed by atoms with Crippen LogP contribution in [0.4, 0.5) is 4.39 Å². The van der Waals surface area contributed by atoms with Crippen molar-refractivity contribution in [2.24, 2.45) is 11.0 Å². The number of para-hydroxylation sites is 1. The van der Waals surface area contributed by atoms with Crippen molar-refractivity contribution < 1.29 is 18.7 Å². The fraction of sp³-hybridized carbons (Fsp3) is 0.185. The van der Waals surface area contributed by atoms with Crippen LogP contribution in [0.25, 0.3) is 0 Å². The average molecular weight is 473 g/mol. The van der Waals surface area contributed by atoms with Gasteiger partial charge in [-0.3, -0.25) is 9.59 Å². The van der Waals surface area contributed by atoms with Crippen LogP contribution in [0.5, 0.6) is 5.75 Å². The zero-order valence-electron chi connectivity index (χ0n) is 19.4. The Labute approximate surface area is 203 Å². The monoisotopic (exact) mass is 472 g/mol. The number of rotatable bonds is 9. The molecule has 35 heavy (non-hydrogen) atoms. The predicted molar refractivity (Wildman–Crippen MR) is 130 cm³/mol. The number of nitrogens with one attached hydrogen (secondary N) is 2. The number of amides is 2. The Hall–Kier alpha value is -4.51. The Morgan fingerprint density at radius 2 is 1.74 bits per heavy atom. The third-order valence-corrected chi connectivity index (χ3v) is 5.16. The van der Waals surface area contributed by atoms with Crippen LogP contribution in [0.3, 0.4) is 0 Å². The van der Waals surface area contributed by atoms with Gasteiger partial charge >= 0.3 is 0 Å². The summed E-state index contributed by atoms with van der Waals surface area (Å²) in [5.74, 6) is -1.12. The molecular weight excluding hydrogens is 447 g/mol. The number of nitriles is 1. The molecule has 0 aromatic heterocycles. The van der Waals surface area contributed by atoms with E-state index in [9.17, 15) is 19.2 Å². The van der Waals surface area contributed by atoms with Crippen LogP contribution in [-0.2, 0) is 11.4 Å². The highest BCUT2D eigenvalue weighted by Gasteiger charge is 2.24. The van der Waals surface area contributed by atoms with E-state index in [1.807, 2.05) is 12.1 Å². The maximum Gasteiger partial charge on any atom is 0.262 e. The molecule has 7 nitrogen and oxygen atoms in total. The molecule has 0 heterocycles. The van der Waals surface area contributed by atoms with Gasteiger partial charge in [-0.25, -0.2) is 9.82 Å². The zero-order valence-corrected chi connectivity index (χ0v) is 19.4. The Balaban J connectivity index is 1.64. The maximum absolute atomic E-state index is 13.1. The molecule has 0 saturated heterocycles. The molecule has 3 rings (SSSR count). The van der Waals surface area contributed by atoms with Crippen molar-refractivity contribution in [1.29, 1.82) is 5.26 Å². The molecule has 178 valence electrons. The minimum atomic E-state index is -0.848. The van der Waals surface area contributed by atoms with Gasteiger partial charge in [0.05, 0.1) is 17.8 Å². The van der Waals surface area contributed by atoms with Gasteiger partial charge in [-0.05, 0) is 48.4 Å². The minimum Gasteiger partial charge on any atom is -0.488 e. The molecule has 0 fully saturated rings. The molecule has 0 aliphatic heterocycles. The number of nitrogens with zero attached hydrogens (tertiary/aromatic N) is 2. The summed E-state index contributed by atoms with van der Waals surface area (Å²) in [7, 11) is 0. The van der Waals surface area contributed by atoms with Crippen LogP contribution in [-0.4, -0.2) is 24.1 Å². The summed E-state index contributed by atoms with van der Waals surface area (Å²) in [6, 6.07) is 20.7. The van der Waals surface area contributed by atoms with Crippen LogP contribution in [0.15, 0.2) is 77.9 Å². The van der Waals surface area contributed by atoms with Crippen molar-refractivity contribution in [2.75, 3.05) is 0 Å². The molecule has 1 atom stereocenters. The zero-order chi connectivity index (χ0) is 25.2. The van der Waals surface area contributed by atoms with Crippen molar-refractivity contribution in [3.8, 4) is 11.8 Å². The number of halogens is 1. The summed E-state index contributed by atoms with van der Waals surface area (Å²) >= 11 is 0. The molecule has 0 spiro atoms. The number of benzene rings is 3. The lowest BCUT2D eigenvalue weighted by Gasteiger charge is -2.20. The summed E-state index contributed by atoms with van der Waals surface area (Å²) in [5.41, 5.74) is 4.62. The van der Waals surface area contributed by atoms with Crippen LogP contribution in [0, 0.1) is 23.1 Å². The SMILES string of the molecule is CC(C)C(NC(=O)c1ccc(F)cc1)C(=O)NN=Cc1ccccc1OCc1ccccc1C#N. The third kappa shape index (κ3) is 6.98. The van der Waals surface area contributed by atoms with E-state index in [0.29, 0.717) is 16.9 Å². The van der Waals surface area contributed by atoms with Gasteiger partial charge in [0.1, 0.15) is 24.2 Å². The minimum absolute atomic E-state index is 0.200. The smallest absolute Gasteiger partial charge is 0.262 e. The molecule has 0 aliphatic rings. The Bertz CT molecular complexity index is 1250. The number of hydrogen-bond acceptors (Lipinski definition) is 5. The van der Waals surface area contributed by atoms with Crippen molar-refractivity contribution >= 4 is 18.0 Å². The molecule has 0 bridgehead atoms. The number of carbonyl (C=O) groups is 2. The van der Waals surface area contributed by atoms with E-state index in [-0.39, 0.29) is 18.1 Å². The van der Waals surface area contributed by atoms with Gasteiger partial charge in [0.15, 0.2) is 0 Å². The molecule has 0 aliphatic carbocycles. The topological polar surface area (TPSA) is 104 Å². The molecule has 2 N–H and O–H groups in total. The largest absolute Gasteiger partial charge is 0.488 e. The molecular formula is C27H25FN4O3. The van der Waals surface area contributed by atoms with E-state index in [1.54, 1.807) is 50.2 Å². The van der Waals surface area contributed by atoms with Crippen LogP contribution in [0.2, 0.25) is 0 Å². The van der Waals surface area contributed by atoms with E-state index in [2.05, 4.69) is 21.9 Å². The van der Waals surface area contributed by atoms with Crippen LogP contribution < -0.4 is 15.5 Å². The highest BCUT2D eigenvalue weighted by molar-refractivity contribution is 5.97. The second-order valence-corrected chi connectivity index (χ2v) is 8.03. The fourth-order valence-corrected chi connectivity index (χ4v) is 3.23. The first-order chi connectivity index (χ1) is 16.9. The van der Waals surface area contributed by atoms with Gasteiger partial charge in [-0.2, -0.15) is 10.4 Å². The third-order valence-electron chi connectivity index (χ3n) is 5.16. The average Bonchev–Trinajstić information content (AvgIpc) is 2.86. The van der Waals surface area contributed by atoms with Gasteiger partial charge < -0.3 is 10.1 Å². The van der Waals surface area contributed by atoms with Crippen molar-refractivity contribution in [3.63, 3.8) is 0 Å². The normalized spacial score (nSPS) is 11.6. The van der Waals surface area contributed by atoms with Crippen LogP contribution in [0.1, 0.15) is 40.9 Å². The molecule has 0 saturated carbocycles. The van der Waals surface area contributed by atoms with Gasteiger partial charge in [0.25, 0.3) is 11.8 Å². The Kier molecular flexibility index (Phi) is 8.68. The molecule has 3 aromatic carbocycles. The van der Waals surface area contributed by atoms with Crippen molar-refractivity contribution in [3.05, 3.63) is 101 Å². The Morgan fingerprint density at radius 1 is 1.06 bits per heavy atom. The van der Waals surface area contributed by atoms with E-state index in [4.69, 9.17) is 4.74 Å². The number of carbonyl (C=O) groups excluding carboxylic acids is 2. The van der Waals surface area contributed by atoms with Crippen molar-refractivity contribution in [2.45, 2.75) is 26.5 Å². The lowest BCUT2D eigenvalue weighted by molar-refractivity contribution is -0.123. The van der Waals surface area contributed by atoms with Crippen molar-refractivity contribution in [1.82, 2.24) is 10.7 Å². The molecule has 3 aromatic rings. The molecule has 0 radical (unpaired) electrons. The first-order valence-electron chi connectivity index (χ1n) is 11.0.